The van der Waals surface area contributed by atoms with Crippen LogP contribution in [-0.2, 0) is 4.74 Å². The Morgan fingerprint density at radius 2 is 2.10 bits per heavy atom. The molecule has 0 fully saturated rings. The van der Waals surface area contributed by atoms with Gasteiger partial charge < -0.3 is 20.5 Å². The van der Waals surface area contributed by atoms with Crippen LogP contribution >= 0.6 is 0 Å². The second-order valence-corrected chi connectivity index (χ2v) is 4.35. The van der Waals surface area contributed by atoms with Gasteiger partial charge in [-0.1, -0.05) is 13.3 Å². The van der Waals surface area contributed by atoms with Crippen LogP contribution in [0, 0.1) is 5.82 Å². The fourth-order valence-corrected chi connectivity index (χ4v) is 1.51. The summed E-state index contributed by atoms with van der Waals surface area (Å²) in [7, 11) is 0. The monoisotopic (exact) mass is 298 g/mol. The topological polar surface area (TPSA) is 87.7 Å². The van der Waals surface area contributed by atoms with Gasteiger partial charge >= 0.3 is 12.0 Å². The van der Waals surface area contributed by atoms with Crippen LogP contribution in [0.1, 0.15) is 30.1 Å². The van der Waals surface area contributed by atoms with Crippen LogP contribution in [0.15, 0.2) is 18.2 Å². The number of rotatable bonds is 8. The summed E-state index contributed by atoms with van der Waals surface area (Å²) >= 11 is 0. The lowest BCUT2D eigenvalue weighted by Crippen LogP contribution is -2.32. The van der Waals surface area contributed by atoms with E-state index in [1.807, 2.05) is 0 Å². The van der Waals surface area contributed by atoms with Crippen molar-refractivity contribution in [3.05, 3.63) is 29.6 Å². The second-order valence-electron chi connectivity index (χ2n) is 4.35. The number of nitrogens with one attached hydrogen (secondary N) is 2. The number of halogens is 1. The van der Waals surface area contributed by atoms with Gasteiger partial charge in [-0.25, -0.2) is 14.0 Å². The van der Waals surface area contributed by atoms with Crippen molar-refractivity contribution in [2.75, 3.05) is 25.1 Å². The van der Waals surface area contributed by atoms with Crippen LogP contribution in [0.5, 0.6) is 0 Å². The van der Waals surface area contributed by atoms with Gasteiger partial charge in [0.25, 0.3) is 0 Å². The molecule has 0 heterocycles. The van der Waals surface area contributed by atoms with E-state index in [2.05, 4.69) is 17.6 Å². The van der Waals surface area contributed by atoms with Gasteiger partial charge in [0, 0.05) is 13.2 Å². The number of hydrogen-bond acceptors (Lipinski definition) is 3. The van der Waals surface area contributed by atoms with Crippen LogP contribution in [0.4, 0.5) is 14.9 Å². The average Bonchev–Trinajstić information content (AvgIpc) is 2.44. The zero-order valence-electron chi connectivity index (χ0n) is 11.8. The minimum absolute atomic E-state index is 0.102. The highest BCUT2D eigenvalue weighted by Crippen LogP contribution is 2.16. The maximum atomic E-state index is 13.5. The molecular weight excluding hydrogens is 279 g/mol. The molecular formula is C14H19FN2O4. The normalized spacial score (nSPS) is 10.2. The lowest BCUT2D eigenvalue weighted by atomic mass is 10.2. The molecule has 1 aromatic rings. The molecule has 3 N–H and O–H groups in total. The van der Waals surface area contributed by atoms with Crippen molar-refractivity contribution in [3.8, 4) is 0 Å². The summed E-state index contributed by atoms with van der Waals surface area (Å²) in [6, 6.07) is 2.57. The van der Waals surface area contributed by atoms with E-state index in [0.717, 1.165) is 31.0 Å². The molecule has 0 saturated carbocycles. The smallest absolute Gasteiger partial charge is 0.335 e. The minimum Gasteiger partial charge on any atom is -0.478 e. The Kier molecular flexibility index (Phi) is 7.17. The highest BCUT2D eigenvalue weighted by atomic mass is 19.1. The zero-order valence-corrected chi connectivity index (χ0v) is 11.8. The molecule has 0 aliphatic heterocycles. The first-order valence-electron chi connectivity index (χ1n) is 6.70. The van der Waals surface area contributed by atoms with Crippen LogP contribution in [0.25, 0.3) is 0 Å². The number of amides is 2. The number of carbonyl (C=O) groups is 2. The summed E-state index contributed by atoms with van der Waals surface area (Å²) in [6.07, 6.45) is 1.99. The number of benzene rings is 1. The lowest BCUT2D eigenvalue weighted by Gasteiger charge is -2.09. The minimum atomic E-state index is -1.19. The van der Waals surface area contributed by atoms with E-state index < -0.39 is 17.8 Å². The second kappa shape index (κ2) is 8.91. The number of hydrogen-bond donors (Lipinski definition) is 3. The third-order valence-electron chi connectivity index (χ3n) is 2.64. The van der Waals surface area contributed by atoms with Crippen LogP contribution < -0.4 is 10.6 Å². The van der Waals surface area contributed by atoms with Gasteiger partial charge in [-0.3, -0.25) is 0 Å². The fraction of sp³-hybridized carbons (Fsp3) is 0.429. The SMILES string of the molecule is CCCCOCCNC(=O)Nc1cc(C(=O)O)ccc1F. The number of anilines is 1. The highest BCUT2D eigenvalue weighted by Gasteiger charge is 2.10. The van der Waals surface area contributed by atoms with Crippen LogP contribution in [-0.4, -0.2) is 36.9 Å². The Labute approximate surface area is 122 Å². The molecule has 116 valence electrons. The average molecular weight is 298 g/mol. The molecule has 0 spiro atoms. The molecule has 0 atom stereocenters. The Balaban J connectivity index is 2.40. The van der Waals surface area contributed by atoms with Gasteiger partial charge in [0.05, 0.1) is 17.9 Å². The van der Waals surface area contributed by atoms with Crippen molar-refractivity contribution in [2.45, 2.75) is 19.8 Å². The number of aromatic carboxylic acids is 1. The lowest BCUT2D eigenvalue weighted by molar-refractivity contribution is 0.0697. The van der Waals surface area contributed by atoms with E-state index in [0.29, 0.717) is 13.2 Å². The first-order chi connectivity index (χ1) is 10.0. The molecule has 6 nitrogen and oxygen atoms in total. The summed E-state index contributed by atoms with van der Waals surface area (Å²) < 4.78 is 18.7. The predicted molar refractivity (Wildman–Crippen MR) is 76.1 cm³/mol. The van der Waals surface area contributed by atoms with Crippen molar-refractivity contribution in [1.29, 1.82) is 0 Å². The van der Waals surface area contributed by atoms with Crippen molar-refractivity contribution in [1.82, 2.24) is 5.32 Å². The Bertz CT molecular complexity index is 494. The van der Waals surface area contributed by atoms with E-state index in [9.17, 15) is 14.0 Å². The van der Waals surface area contributed by atoms with Gasteiger partial charge in [0.15, 0.2) is 0 Å². The Morgan fingerprint density at radius 1 is 1.33 bits per heavy atom. The Hall–Kier alpha value is -2.15. The largest absolute Gasteiger partial charge is 0.478 e. The molecule has 2 amide bonds. The number of carbonyl (C=O) groups excluding carboxylic acids is 1. The van der Waals surface area contributed by atoms with E-state index >= 15 is 0 Å². The first-order valence-corrected chi connectivity index (χ1v) is 6.70. The quantitative estimate of drug-likeness (QED) is 0.643. The summed E-state index contributed by atoms with van der Waals surface area (Å²) in [5.41, 5.74) is -0.283. The molecule has 7 heteroatoms. The summed E-state index contributed by atoms with van der Waals surface area (Å²) in [4.78, 5) is 22.3. The molecule has 0 bridgehead atoms. The highest BCUT2D eigenvalue weighted by molar-refractivity contribution is 5.93. The van der Waals surface area contributed by atoms with Crippen molar-refractivity contribution < 1.29 is 23.8 Å². The van der Waals surface area contributed by atoms with Crippen molar-refractivity contribution >= 4 is 17.7 Å². The van der Waals surface area contributed by atoms with Gasteiger partial charge in [-0.2, -0.15) is 0 Å². The molecule has 21 heavy (non-hydrogen) atoms. The number of urea groups is 1. The molecule has 0 radical (unpaired) electrons. The number of carboxylic acid groups (broad SMARTS) is 1. The van der Waals surface area contributed by atoms with Crippen LogP contribution in [0.2, 0.25) is 0 Å². The fourth-order valence-electron chi connectivity index (χ4n) is 1.51. The maximum Gasteiger partial charge on any atom is 0.335 e. The standard InChI is InChI=1S/C14H19FN2O4/c1-2-3-7-21-8-6-16-14(20)17-12-9-10(13(18)19)4-5-11(12)15/h4-5,9H,2-3,6-8H2,1H3,(H,18,19)(H2,16,17,20). The molecule has 0 aliphatic rings. The number of ether oxygens (including phenoxy) is 1. The maximum absolute atomic E-state index is 13.5. The zero-order chi connectivity index (χ0) is 15.7. The van der Waals surface area contributed by atoms with Gasteiger partial charge in [-0.05, 0) is 24.6 Å². The predicted octanol–water partition coefficient (Wildman–Crippen LogP) is 2.46. The third kappa shape index (κ3) is 6.22. The van der Waals surface area contributed by atoms with E-state index in [1.165, 1.54) is 0 Å². The van der Waals surface area contributed by atoms with Crippen LogP contribution in [0.3, 0.4) is 0 Å². The van der Waals surface area contributed by atoms with Gasteiger partial charge in [-0.15, -0.1) is 0 Å². The molecule has 0 aliphatic carbocycles. The van der Waals surface area contributed by atoms with Gasteiger partial charge in [0.2, 0.25) is 0 Å². The Morgan fingerprint density at radius 3 is 2.76 bits per heavy atom. The summed E-state index contributed by atoms with van der Waals surface area (Å²) in [6.45, 7) is 3.34. The van der Waals surface area contributed by atoms with Crippen molar-refractivity contribution in [3.63, 3.8) is 0 Å². The molecule has 0 unspecified atom stereocenters. The van der Waals surface area contributed by atoms with Gasteiger partial charge in [0.1, 0.15) is 5.82 Å². The third-order valence-corrected chi connectivity index (χ3v) is 2.64. The first kappa shape index (κ1) is 16.9. The molecule has 0 aromatic heterocycles. The van der Waals surface area contributed by atoms with E-state index in [-0.39, 0.29) is 17.8 Å². The summed E-state index contributed by atoms with van der Waals surface area (Å²) in [5, 5.41) is 13.6. The van der Waals surface area contributed by atoms with Crippen molar-refractivity contribution in [2.24, 2.45) is 0 Å². The number of unbranched alkanes of at least 4 members (excludes halogenated alkanes) is 1. The summed E-state index contributed by atoms with van der Waals surface area (Å²) in [5.74, 6) is -1.89. The van der Waals surface area contributed by atoms with E-state index in [4.69, 9.17) is 9.84 Å². The molecule has 1 rings (SSSR count). The number of carboxylic acids is 1. The van der Waals surface area contributed by atoms with E-state index in [1.54, 1.807) is 0 Å². The molecule has 0 saturated heterocycles. The molecule has 1 aromatic carbocycles.